The number of nitrogens with one attached hydrogen (secondary N) is 2. The number of hydrogen-bond acceptors (Lipinski definition) is 9. The van der Waals surface area contributed by atoms with Crippen LogP contribution in [0.3, 0.4) is 0 Å². The van der Waals surface area contributed by atoms with Gasteiger partial charge < -0.3 is 19.5 Å². The van der Waals surface area contributed by atoms with Gasteiger partial charge in [-0.2, -0.15) is 0 Å². The lowest BCUT2D eigenvalue weighted by atomic mass is 10.3. The maximum Gasteiger partial charge on any atom is 0.265 e. The fourth-order valence-corrected chi connectivity index (χ4v) is 6.54. The third kappa shape index (κ3) is 7.28. The van der Waals surface area contributed by atoms with Gasteiger partial charge >= 0.3 is 0 Å². The topological polar surface area (TPSA) is 153 Å². The molecular weight excluding hydrogens is 620 g/mol. The van der Waals surface area contributed by atoms with Crippen LogP contribution in [-0.2, 0) is 24.8 Å². The molecule has 0 aliphatic heterocycles. The van der Waals surface area contributed by atoms with Gasteiger partial charge in [0.2, 0.25) is 5.91 Å². The Bertz CT molecular complexity index is 1820. The summed E-state index contributed by atoms with van der Waals surface area (Å²) in [5.41, 5.74) is 0.241. The minimum Gasteiger partial charge on any atom is -0.495 e. The molecule has 2 N–H and O–H groups in total. The van der Waals surface area contributed by atoms with Crippen molar-refractivity contribution in [2.75, 3.05) is 42.2 Å². The molecule has 3 aromatic carbocycles. The molecule has 0 aliphatic carbocycles. The van der Waals surface area contributed by atoms with Crippen LogP contribution < -0.4 is 28.6 Å². The number of anilines is 3. The average Bonchev–Trinajstić information content (AvgIpc) is 3.00. The Morgan fingerprint density at radius 3 is 2.09 bits per heavy atom. The SMILES string of the molecule is COc1ccc(S(=O)(=O)N(CC(=O)Nc2ccc(S(=O)(=O)Nc3ccccn3)cc2)c2cc(Cl)ccc2OC)cc1OC. The van der Waals surface area contributed by atoms with Gasteiger partial charge in [-0.1, -0.05) is 17.7 Å². The normalized spacial score (nSPS) is 11.3. The van der Waals surface area contributed by atoms with Crippen LogP contribution in [0.2, 0.25) is 5.02 Å². The van der Waals surface area contributed by atoms with E-state index in [0.717, 1.165) is 4.31 Å². The lowest BCUT2D eigenvalue weighted by molar-refractivity contribution is -0.114. The third-order valence-electron chi connectivity index (χ3n) is 5.99. The van der Waals surface area contributed by atoms with Crippen LogP contribution in [0.4, 0.5) is 17.2 Å². The second-order valence-electron chi connectivity index (χ2n) is 8.74. The first kappa shape index (κ1) is 31.4. The van der Waals surface area contributed by atoms with E-state index >= 15 is 0 Å². The van der Waals surface area contributed by atoms with Crippen molar-refractivity contribution < 1.29 is 35.8 Å². The number of nitrogens with zero attached hydrogens (tertiary/aromatic N) is 2. The van der Waals surface area contributed by atoms with E-state index in [9.17, 15) is 21.6 Å². The zero-order chi connectivity index (χ0) is 31.2. The summed E-state index contributed by atoms with van der Waals surface area (Å²) >= 11 is 6.20. The summed E-state index contributed by atoms with van der Waals surface area (Å²) in [7, 11) is -4.21. The number of aromatic nitrogens is 1. The molecule has 226 valence electrons. The minimum absolute atomic E-state index is 0.0157. The van der Waals surface area contributed by atoms with Crippen molar-refractivity contribution in [3.8, 4) is 17.2 Å². The summed E-state index contributed by atoms with van der Waals surface area (Å²) in [6.07, 6.45) is 1.45. The number of benzene rings is 3. The molecule has 0 atom stereocenters. The van der Waals surface area contributed by atoms with E-state index in [-0.39, 0.29) is 43.5 Å². The molecular formula is C28H27ClN4O8S2. The number of amides is 1. The summed E-state index contributed by atoms with van der Waals surface area (Å²) in [5, 5.41) is 2.80. The number of halogens is 1. The Kier molecular flexibility index (Phi) is 9.63. The molecule has 1 amide bonds. The Balaban J connectivity index is 1.62. The van der Waals surface area contributed by atoms with Crippen LogP contribution >= 0.6 is 11.6 Å². The summed E-state index contributed by atoms with van der Waals surface area (Å²) < 4.78 is 72.4. The maximum atomic E-state index is 13.9. The van der Waals surface area contributed by atoms with Gasteiger partial charge in [0.1, 0.15) is 18.1 Å². The largest absolute Gasteiger partial charge is 0.495 e. The molecule has 12 nitrogen and oxygen atoms in total. The standard InChI is InChI=1S/C28H27ClN4O8S2/c1-39-24-13-7-19(29)16-23(24)33(43(37,38)22-12-14-25(40-2)26(17-22)41-3)18-28(34)31-20-8-10-21(11-9-20)42(35,36)32-27-6-4-5-15-30-27/h4-17H,18H2,1-3H3,(H,30,32)(H,31,34). The molecule has 0 spiro atoms. The van der Waals surface area contributed by atoms with Gasteiger partial charge in [0.25, 0.3) is 20.0 Å². The van der Waals surface area contributed by atoms with Crippen LogP contribution in [0.25, 0.3) is 0 Å². The third-order valence-corrected chi connectivity index (χ3v) is 9.35. The van der Waals surface area contributed by atoms with Crippen LogP contribution in [0.5, 0.6) is 17.2 Å². The van der Waals surface area contributed by atoms with Crippen molar-refractivity contribution in [1.82, 2.24) is 4.98 Å². The molecule has 0 bridgehead atoms. The quantitative estimate of drug-likeness (QED) is 0.228. The van der Waals surface area contributed by atoms with E-state index in [0.29, 0.717) is 5.75 Å². The van der Waals surface area contributed by atoms with E-state index in [4.69, 9.17) is 25.8 Å². The Labute approximate surface area is 254 Å². The highest BCUT2D eigenvalue weighted by Crippen LogP contribution is 2.37. The average molecular weight is 647 g/mol. The van der Waals surface area contributed by atoms with E-state index in [1.54, 1.807) is 12.1 Å². The summed E-state index contributed by atoms with van der Waals surface area (Å²) in [5.74, 6) is 0.0435. The fourth-order valence-electron chi connectivity index (χ4n) is 3.93. The van der Waals surface area contributed by atoms with Gasteiger partial charge in [-0.15, -0.1) is 0 Å². The van der Waals surface area contributed by atoms with Gasteiger partial charge in [0, 0.05) is 23.0 Å². The molecule has 43 heavy (non-hydrogen) atoms. The van der Waals surface area contributed by atoms with Gasteiger partial charge in [-0.05, 0) is 66.7 Å². The molecule has 1 aromatic heterocycles. The maximum absolute atomic E-state index is 13.9. The highest BCUT2D eigenvalue weighted by atomic mass is 35.5. The number of methoxy groups -OCH3 is 3. The number of carbonyl (C=O) groups excluding carboxylic acids is 1. The molecule has 0 fully saturated rings. The molecule has 0 radical (unpaired) electrons. The first-order valence-corrected chi connectivity index (χ1v) is 15.7. The number of sulfonamides is 2. The molecule has 0 saturated carbocycles. The van der Waals surface area contributed by atoms with Crippen molar-refractivity contribution in [3.05, 3.63) is 90.1 Å². The summed E-state index contributed by atoms with van der Waals surface area (Å²) in [6.45, 7) is -0.686. The van der Waals surface area contributed by atoms with Crippen molar-refractivity contribution >= 4 is 54.7 Å². The van der Waals surface area contributed by atoms with Gasteiger partial charge in [0.15, 0.2) is 11.5 Å². The van der Waals surface area contributed by atoms with Crippen LogP contribution in [-0.4, -0.2) is 55.6 Å². The van der Waals surface area contributed by atoms with Crippen molar-refractivity contribution in [2.45, 2.75) is 9.79 Å². The van der Waals surface area contributed by atoms with Gasteiger partial charge in [-0.3, -0.25) is 13.8 Å². The Hall–Kier alpha value is -4.53. The fraction of sp³-hybridized carbons (Fsp3) is 0.143. The smallest absolute Gasteiger partial charge is 0.265 e. The van der Waals surface area contributed by atoms with E-state index in [1.165, 1.54) is 94.3 Å². The Morgan fingerprint density at radius 2 is 1.47 bits per heavy atom. The minimum atomic E-state index is -4.40. The first-order chi connectivity index (χ1) is 20.5. The lowest BCUT2D eigenvalue weighted by Gasteiger charge is -2.26. The molecule has 4 aromatic rings. The zero-order valence-electron chi connectivity index (χ0n) is 23.1. The highest BCUT2D eigenvalue weighted by Gasteiger charge is 2.31. The second kappa shape index (κ2) is 13.2. The van der Waals surface area contributed by atoms with Crippen LogP contribution in [0.1, 0.15) is 0 Å². The predicted octanol–water partition coefficient (Wildman–Crippen LogP) is 4.40. The number of ether oxygens (including phenoxy) is 3. The van der Waals surface area contributed by atoms with E-state index in [1.807, 2.05) is 0 Å². The number of rotatable bonds is 12. The van der Waals surface area contributed by atoms with Crippen molar-refractivity contribution in [3.63, 3.8) is 0 Å². The predicted molar refractivity (Wildman–Crippen MR) is 162 cm³/mol. The monoisotopic (exact) mass is 646 g/mol. The molecule has 0 unspecified atom stereocenters. The first-order valence-electron chi connectivity index (χ1n) is 12.4. The highest BCUT2D eigenvalue weighted by molar-refractivity contribution is 7.93. The molecule has 1 heterocycles. The summed E-state index contributed by atoms with van der Waals surface area (Å²) in [6, 6.07) is 18.5. The van der Waals surface area contributed by atoms with E-state index < -0.39 is 32.5 Å². The second-order valence-corrected chi connectivity index (χ2v) is 12.7. The van der Waals surface area contributed by atoms with E-state index in [2.05, 4.69) is 15.0 Å². The Morgan fingerprint density at radius 1 is 0.814 bits per heavy atom. The molecule has 4 rings (SSSR count). The molecule has 0 aliphatic rings. The van der Waals surface area contributed by atoms with Gasteiger partial charge in [-0.25, -0.2) is 21.8 Å². The lowest BCUT2D eigenvalue weighted by Crippen LogP contribution is -2.38. The zero-order valence-corrected chi connectivity index (χ0v) is 25.5. The van der Waals surface area contributed by atoms with Crippen LogP contribution in [0.15, 0.2) is 94.9 Å². The molecule has 15 heteroatoms. The molecule has 0 saturated heterocycles. The van der Waals surface area contributed by atoms with Crippen LogP contribution in [0, 0.1) is 0 Å². The van der Waals surface area contributed by atoms with Crippen molar-refractivity contribution in [1.29, 1.82) is 0 Å². The number of hydrogen-bond donors (Lipinski definition) is 2. The summed E-state index contributed by atoms with van der Waals surface area (Å²) in [4.78, 5) is 16.9. The number of carbonyl (C=O) groups is 1. The van der Waals surface area contributed by atoms with Gasteiger partial charge in [0.05, 0.1) is 36.8 Å². The number of pyridine rings is 1. The van der Waals surface area contributed by atoms with Crippen molar-refractivity contribution in [2.24, 2.45) is 0 Å².